The zero-order chi connectivity index (χ0) is 13.3. The summed E-state index contributed by atoms with van der Waals surface area (Å²) >= 11 is 0. The number of hydrogen-bond donors (Lipinski definition) is 2. The van der Waals surface area contributed by atoms with Crippen LogP contribution in [0.3, 0.4) is 0 Å². The van der Waals surface area contributed by atoms with Crippen LogP contribution in [0.5, 0.6) is 0 Å². The lowest BCUT2D eigenvalue weighted by Gasteiger charge is -2.48. The van der Waals surface area contributed by atoms with Crippen LogP contribution in [0.2, 0.25) is 0 Å². The highest BCUT2D eigenvalue weighted by Gasteiger charge is 2.53. The van der Waals surface area contributed by atoms with Gasteiger partial charge in [-0.2, -0.15) is 0 Å². The molecule has 1 aliphatic carbocycles. The zero-order valence-corrected chi connectivity index (χ0v) is 11.2. The van der Waals surface area contributed by atoms with Gasteiger partial charge in [0, 0.05) is 7.11 Å². The van der Waals surface area contributed by atoms with Crippen molar-refractivity contribution >= 4 is 5.97 Å². The van der Waals surface area contributed by atoms with Crippen LogP contribution in [0.15, 0.2) is 0 Å². The number of aliphatic hydroxyl groups excluding tert-OH is 1. The monoisotopic (exact) mass is 244 g/mol. The Kier molecular flexibility index (Phi) is 4.20. The van der Waals surface area contributed by atoms with Gasteiger partial charge in [0.15, 0.2) is 0 Å². The molecule has 0 bridgehead atoms. The van der Waals surface area contributed by atoms with Crippen molar-refractivity contribution in [3.8, 4) is 0 Å². The number of hydrogen-bond acceptors (Lipinski definition) is 3. The Morgan fingerprint density at radius 3 is 2.47 bits per heavy atom. The van der Waals surface area contributed by atoms with E-state index in [1.165, 1.54) is 7.11 Å². The summed E-state index contributed by atoms with van der Waals surface area (Å²) in [6.45, 7) is 6.31. The molecule has 17 heavy (non-hydrogen) atoms. The average molecular weight is 244 g/mol. The van der Waals surface area contributed by atoms with Crippen molar-refractivity contribution in [2.75, 3.05) is 13.7 Å². The normalized spacial score (nSPS) is 34.6. The first kappa shape index (κ1) is 14.5. The first-order valence-electron chi connectivity index (χ1n) is 6.14. The minimum absolute atomic E-state index is 0.0730. The lowest BCUT2D eigenvalue weighted by atomic mass is 9.57. The van der Waals surface area contributed by atoms with E-state index in [9.17, 15) is 15.0 Å². The molecule has 0 heterocycles. The van der Waals surface area contributed by atoms with Crippen LogP contribution in [-0.2, 0) is 9.53 Å². The number of methoxy groups -OCH3 is 1. The predicted molar refractivity (Wildman–Crippen MR) is 64.7 cm³/mol. The van der Waals surface area contributed by atoms with Crippen molar-refractivity contribution in [1.29, 1.82) is 0 Å². The molecule has 2 N–H and O–H groups in total. The van der Waals surface area contributed by atoms with E-state index in [1.807, 2.05) is 20.8 Å². The molecule has 0 aromatic carbocycles. The van der Waals surface area contributed by atoms with Gasteiger partial charge in [-0.3, -0.25) is 4.79 Å². The van der Waals surface area contributed by atoms with Gasteiger partial charge in [-0.05, 0) is 30.6 Å². The van der Waals surface area contributed by atoms with Gasteiger partial charge in [0.1, 0.15) is 0 Å². The third-order valence-corrected chi connectivity index (χ3v) is 3.97. The lowest BCUT2D eigenvalue weighted by Crippen LogP contribution is -2.52. The molecule has 4 nitrogen and oxygen atoms in total. The predicted octanol–water partition coefficient (Wildman–Crippen LogP) is 1.91. The summed E-state index contributed by atoms with van der Waals surface area (Å²) in [5, 5.41) is 19.4. The summed E-state index contributed by atoms with van der Waals surface area (Å²) in [6, 6.07) is 0. The van der Waals surface area contributed by atoms with E-state index in [0.717, 1.165) is 0 Å². The fourth-order valence-corrected chi connectivity index (χ4v) is 3.14. The topological polar surface area (TPSA) is 66.8 Å². The van der Waals surface area contributed by atoms with Gasteiger partial charge in [0.05, 0.1) is 18.1 Å². The largest absolute Gasteiger partial charge is 0.481 e. The molecule has 0 spiro atoms. The van der Waals surface area contributed by atoms with Gasteiger partial charge in [0.2, 0.25) is 0 Å². The smallest absolute Gasteiger partial charge is 0.312 e. The maximum atomic E-state index is 11.7. The molecule has 0 amide bonds. The number of ether oxygens (including phenoxy) is 1. The Morgan fingerprint density at radius 2 is 2.06 bits per heavy atom. The number of aliphatic carboxylic acids is 1. The summed E-state index contributed by atoms with van der Waals surface area (Å²) in [4.78, 5) is 11.7. The lowest BCUT2D eigenvalue weighted by molar-refractivity contribution is -0.169. The van der Waals surface area contributed by atoms with Crippen molar-refractivity contribution in [2.45, 2.75) is 46.1 Å². The summed E-state index contributed by atoms with van der Waals surface area (Å²) in [5.41, 5.74) is -1.01. The van der Waals surface area contributed by atoms with Crippen molar-refractivity contribution < 1.29 is 19.7 Å². The van der Waals surface area contributed by atoms with Crippen molar-refractivity contribution in [1.82, 2.24) is 0 Å². The summed E-state index contributed by atoms with van der Waals surface area (Å²) in [6.07, 6.45) is 1.18. The fourth-order valence-electron chi connectivity index (χ4n) is 3.14. The number of carbonyl (C=O) groups is 1. The molecular formula is C13H24O4. The molecule has 3 unspecified atom stereocenters. The fraction of sp³-hybridized carbons (Fsp3) is 0.923. The summed E-state index contributed by atoms with van der Waals surface area (Å²) in [5.74, 6) is -0.873. The van der Waals surface area contributed by atoms with Crippen LogP contribution < -0.4 is 0 Å². The zero-order valence-electron chi connectivity index (χ0n) is 11.2. The minimum atomic E-state index is -0.855. The van der Waals surface area contributed by atoms with E-state index >= 15 is 0 Å². The Bertz CT molecular complexity index is 282. The van der Waals surface area contributed by atoms with E-state index in [-0.39, 0.29) is 24.0 Å². The van der Waals surface area contributed by atoms with E-state index < -0.39 is 11.4 Å². The Balaban J connectivity index is 3.10. The molecule has 1 fully saturated rings. The number of rotatable bonds is 3. The molecular weight excluding hydrogens is 220 g/mol. The maximum absolute atomic E-state index is 11.7. The van der Waals surface area contributed by atoms with E-state index in [4.69, 9.17) is 4.74 Å². The summed E-state index contributed by atoms with van der Waals surface area (Å²) < 4.78 is 5.14. The van der Waals surface area contributed by atoms with E-state index in [0.29, 0.717) is 19.3 Å². The quantitative estimate of drug-likeness (QED) is 0.796. The molecule has 100 valence electrons. The third kappa shape index (κ3) is 2.80. The highest BCUT2D eigenvalue weighted by Crippen LogP contribution is 2.50. The Morgan fingerprint density at radius 1 is 1.47 bits per heavy atom. The molecule has 0 saturated heterocycles. The average Bonchev–Trinajstić information content (AvgIpc) is 2.19. The summed E-state index contributed by atoms with van der Waals surface area (Å²) in [7, 11) is 1.54. The molecule has 1 saturated carbocycles. The van der Waals surface area contributed by atoms with Crippen LogP contribution in [0.25, 0.3) is 0 Å². The van der Waals surface area contributed by atoms with Gasteiger partial charge in [-0.15, -0.1) is 0 Å². The number of aliphatic hydroxyl groups is 1. The molecule has 4 heteroatoms. The van der Waals surface area contributed by atoms with Crippen molar-refractivity contribution in [3.05, 3.63) is 0 Å². The van der Waals surface area contributed by atoms with Crippen LogP contribution in [0.1, 0.15) is 40.0 Å². The van der Waals surface area contributed by atoms with Crippen molar-refractivity contribution in [3.63, 3.8) is 0 Å². The maximum Gasteiger partial charge on any atom is 0.312 e. The van der Waals surface area contributed by atoms with Crippen LogP contribution in [0, 0.1) is 16.7 Å². The SMILES string of the molecule is COCC1(C(=O)O)CCC(O)CC1C(C)(C)C. The molecule has 1 aliphatic rings. The van der Waals surface area contributed by atoms with E-state index in [2.05, 4.69) is 0 Å². The molecule has 1 rings (SSSR count). The molecule has 0 aromatic heterocycles. The van der Waals surface area contributed by atoms with Gasteiger partial charge >= 0.3 is 5.97 Å². The molecule has 0 aromatic rings. The number of carboxylic acid groups (broad SMARTS) is 1. The first-order chi connectivity index (χ1) is 7.74. The second-order valence-electron chi connectivity index (χ2n) is 6.24. The van der Waals surface area contributed by atoms with Gasteiger partial charge < -0.3 is 14.9 Å². The van der Waals surface area contributed by atoms with Gasteiger partial charge in [0.25, 0.3) is 0 Å². The number of carboxylic acids is 1. The highest BCUT2D eigenvalue weighted by atomic mass is 16.5. The molecule has 3 atom stereocenters. The second kappa shape index (κ2) is 4.94. The Hall–Kier alpha value is -0.610. The van der Waals surface area contributed by atoms with Gasteiger partial charge in [-0.1, -0.05) is 20.8 Å². The third-order valence-electron chi connectivity index (χ3n) is 3.97. The van der Waals surface area contributed by atoms with Crippen LogP contribution >= 0.6 is 0 Å². The Labute approximate surface area is 103 Å². The van der Waals surface area contributed by atoms with Crippen LogP contribution in [-0.4, -0.2) is 36.0 Å². The van der Waals surface area contributed by atoms with Crippen LogP contribution in [0.4, 0.5) is 0 Å². The standard InChI is InChI=1S/C13H24O4/c1-12(2,3)10-7-9(14)5-6-13(10,8-17-4)11(15)16/h9-10,14H,5-8H2,1-4H3,(H,15,16). The first-order valence-corrected chi connectivity index (χ1v) is 6.14. The van der Waals surface area contributed by atoms with Crippen molar-refractivity contribution in [2.24, 2.45) is 16.7 Å². The van der Waals surface area contributed by atoms with Gasteiger partial charge in [-0.25, -0.2) is 0 Å². The molecule has 0 radical (unpaired) electrons. The molecule has 0 aliphatic heterocycles. The van der Waals surface area contributed by atoms with E-state index in [1.54, 1.807) is 0 Å². The second-order valence-corrected chi connectivity index (χ2v) is 6.24. The highest BCUT2D eigenvalue weighted by molar-refractivity contribution is 5.75. The minimum Gasteiger partial charge on any atom is -0.481 e.